The van der Waals surface area contributed by atoms with Gasteiger partial charge in [0.2, 0.25) is 0 Å². The van der Waals surface area contributed by atoms with Gasteiger partial charge in [-0.25, -0.2) is 9.59 Å². The van der Waals surface area contributed by atoms with Gasteiger partial charge in [0, 0.05) is 6.04 Å². The lowest BCUT2D eigenvalue weighted by atomic mass is 9.87. The van der Waals surface area contributed by atoms with Crippen LogP contribution in [0.3, 0.4) is 0 Å². The number of carbonyl (C=O) groups is 3. The molecule has 0 saturated heterocycles. The van der Waals surface area contributed by atoms with Crippen molar-refractivity contribution in [3.05, 3.63) is 35.4 Å². The van der Waals surface area contributed by atoms with E-state index in [2.05, 4.69) is 31.4 Å². The smallest absolute Gasteiger partial charge is 0.338 e. The van der Waals surface area contributed by atoms with Crippen molar-refractivity contribution in [2.24, 2.45) is 0 Å². The molecule has 0 bridgehead atoms. The number of hydrogen-bond donors (Lipinski definition) is 2. The first-order chi connectivity index (χ1) is 11.1. The number of nitrogens with one attached hydrogen (secondary N) is 2. The van der Waals surface area contributed by atoms with E-state index in [0.29, 0.717) is 5.56 Å². The number of esters is 1. The summed E-state index contributed by atoms with van der Waals surface area (Å²) in [5.41, 5.74) is 1.45. The van der Waals surface area contributed by atoms with Gasteiger partial charge in [-0.15, -0.1) is 0 Å². The van der Waals surface area contributed by atoms with E-state index in [1.165, 1.54) is 0 Å². The number of benzene rings is 1. The number of carbonyl (C=O) groups excluding carboxylic acids is 3. The summed E-state index contributed by atoms with van der Waals surface area (Å²) < 4.78 is 4.92. The molecule has 0 aromatic heterocycles. The van der Waals surface area contributed by atoms with Crippen LogP contribution in [0, 0.1) is 0 Å². The second kappa shape index (κ2) is 8.47. The van der Waals surface area contributed by atoms with Gasteiger partial charge in [0.1, 0.15) is 0 Å². The molecule has 0 aliphatic heterocycles. The highest BCUT2D eigenvalue weighted by atomic mass is 16.5. The summed E-state index contributed by atoms with van der Waals surface area (Å²) in [6.45, 7) is 9.47. The Morgan fingerprint density at radius 3 is 2.21 bits per heavy atom. The molecule has 0 radical (unpaired) electrons. The van der Waals surface area contributed by atoms with Crippen LogP contribution in [0.1, 0.15) is 57.0 Å². The molecule has 1 atom stereocenters. The zero-order valence-electron chi connectivity index (χ0n) is 14.9. The van der Waals surface area contributed by atoms with E-state index in [1.54, 1.807) is 12.1 Å². The molecule has 1 aromatic rings. The van der Waals surface area contributed by atoms with Crippen LogP contribution >= 0.6 is 0 Å². The Morgan fingerprint density at radius 2 is 1.71 bits per heavy atom. The first-order valence-corrected chi connectivity index (χ1v) is 8.01. The lowest BCUT2D eigenvalue weighted by Gasteiger charge is -2.18. The summed E-state index contributed by atoms with van der Waals surface area (Å²) in [7, 11) is 0. The molecule has 0 spiro atoms. The Kier molecular flexibility index (Phi) is 6.95. The molecule has 0 unspecified atom stereocenters. The van der Waals surface area contributed by atoms with Gasteiger partial charge in [0.25, 0.3) is 5.91 Å². The fourth-order valence-electron chi connectivity index (χ4n) is 1.85. The first-order valence-electron chi connectivity index (χ1n) is 8.01. The van der Waals surface area contributed by atoms with Gasteiger partial charge in [-0.2, -0.15) is 0 Å². The average molecular weight is 334 g/mol. The van der Waals surface area contributed by atoms with Gasteiger partial charge >= 0.3 is 12.0 Å². The third-order valence-electron chi connectivity index (χ3n) is 3.56. The molecule has 0 fully saturated rings. The zero-order chi connectivity index (χ0) is 18.3. The van der Waals surface area contributed by atoms with Gasteiger partial charge in [-0.05, 0) is 36.5 Å². The predicted molar refractivity (Wildman–Crippen MR) is 91.9 cm³/mol. The van der Waals surface area contributed by atoms with Crippen LogP contribution in [0.5, 0.6) is 0 Å². The van der Waals surface area contributed by atoms with E-state index in [-0.39, 0.29) is 11.5 Å². The molecule has 0 heterocycles. The first kappa shape index (κ1) is 19.7. The van der Waals surface area contributed by atoms with Gasteiger partial charge in [-0.3, -0.25) is 10.1 Å². The van der Waals surface area contributed by atoms with Gasteiger partial charge in [0.05, 0.1) is 5.56 Å². The number of urea groups is 1. The fraction of sp³-hybridized carbons (Fsp3) is 0.500. The van der Waals surface area contributed by atoms with Crippen LogP contribution in [0.2, 0.25) is 0 Å². The van der Waals surface area contributed by atoms with Crippen LogP contribution < -0.4 is 10.6 Å². The maximum absolute atomic E-state index is 11.9. The molecule has 0 aliphatic rings. The van der Waals surface area contributed by atoms with Crippen molar-refractivity contribution >= 4 is 17.9 Å². The van der Waals surface area contributed by atoms with Crippen molar-refractivity contribution in [1.82, 2.24) is 10.6 Å². The summed E-state index contributed by atoms with van der Waals surface area (Å²) in [6.07, 6.45) is 0.751. The summed E-state index contributed by atoms with van der Waals surface area (Å²) in [5.74, 6) is -1.27. The number of ether oxygens (including phenoxy) is 1. The Bertz CT molecular complexity index is 588. The van der Waals surface area contributed by atoms with E-state index in [1.807, 2.05) is 26.0 Å². The third kappa shape index (κ3) is 6.40. The predicted octanol–water partition coefficient (Wildman–Crippen LogP) is 2.77. The normalized spacial score (nSPS) is 12.2. The van der Waals surface area contributed by atoms with Crippen molar-refractivity contribution < 1.29 is 19.1 Å². The molecular formula is C18H26N2O4. The number of amides is 3. The van der Waals surface area contributed by atoms with Crippen molar-refractivity contribution in [3.8, 4) is 0 Å². The molecule has 6 nitrogen and oxygen atoms in total. The van der Waals surface area contributed by atoms with E-state index in [0.717, 1.165) is 12.0 Å². The van der Waals surface area contributed by atoms with Crippen molar-refractivity contribution in [1.29, 1.82) is 0 Å². The van der Waals surface area contributed by atoms with Crippen LogP contribution in [0.15, 0.2) is 24.3 Å². The van der Waals surface area contributed by atoms with E-state index in [4.69, 9.17) is 4.74 Å². The van der Waals surface area contributed by atoms with Crippen LogP contribution in [0.25, 0.3) is 0 Å². The molecule has 0 saturated carbocycles. The Morgan fingerprint density at radius 1 is 1.12 bits per heavy atom. The van der Waals surface area contributed by atoms with Crippen molar-refractivity contribution in [2.45, 2.75) is 52.5 Å². The maximum atomic E-state index is 11.9. The minimum atomic E-state index is -0.671. The fourth-order valence-corrected chi connectivity index (χ4v) is 1.85. The largest absolute Gasteiger partial charge is 0.452 e. The quantitative estimate of drug-likeness (QED) is 0.811. The molecular weight excluding hydrogens is 308 g/mol. The highest BCUT2D eigenvalue weighted by Gasteiger charge is 2.16. The topological polar surface area (TPSA) is 84.5 Å². The number of imide groups is 1. The van der Waals surface area contributed by atoms with Crippen LogP contribution in [0.4, 0.5) is 4.79 Å². The Balaban J connectivity index is 2.48. The minimum Gasteiger partial charge on any atom is -0.452 e. The highest BCUT2D eigenvalue weighted by molar-refractivity contribution is 5.97. The molecule has 2 N–H and O–H groups in total. The standard InChI is InChI=1S/C18H26N2O4/c1-6-12(2)19-17(23)20-15(21)11-24-16(22)13-7-9-14(10-8-13)18(3,4)5/h7-10,12H,6,11H2,1-5H3,(H2,19,20,21,23)/t12-/m0/s1. The average Bonchev–Trinajstić information content (AvgIpc) is 2.51. The Hall–Kier alpha value is -2.37. The molecule has 6 heteroatoms. The number of hydrogen-bond acceptors (Lipinski definition) is 4. The van der Waals surface area contributed by atoms with Crippen LogP contribution in [-0.4, -0.2) is 30.6 Å². The summed E-state index contributed by atoms with van der Waals surface area (Å²) in [4.78, 5) is 35.0. The summed E-state index contributed by atoms with van der Waals surface area (Å²) in [6, 6.07) is 6.40. The third-order valence-corrected chi connectivity index (χ3v) is 3.56. The van der Waals surface area contributed by atoms with Crippen LogP contribution in [-0.2, 0) is 14.9 Å². The summed E-state index contributed by atoms with van der Waals surface area (Å²) in [5, 5.41) is 4.70. The molecule has 24 heavy (non-hydrogen) atoms. The molecule has 1 rings (SSSR count). The van der Waals surface area contributed by atoms with Gasteiger partial charge in [0.15, 0.2) is 6.61 Å². The SMILES string of the molecule is CC[C@H](C)NC(=O)NC(=O)COC(=O)c1ccc(C(C)(C)C)cc1. The lowest BCUT2D eigenvalue weighted by Crippen LogP contribution is -2.44. The van der Waals surface area contributed by atoms with E-state index < -0.39 is 24.5 Å². The Labute approximate surface area is 143 Å². The lowest BCUT2D eigenvalue weighted by molar-refractivity contribution is -0.123. The monoisotopic (exact) mass is 334 g/mol. The van der Waals surface area contributed by atoms with Crippen molar-refractivity contribution in [2.75, 3.05) is 6.61 Å². The molecule has 132 valence electrons. The molecule has 0 aliphatic carbocycles. The van der Waals surface area contributed by atoms with Crippen molar-refractivity contribution in [3.63, 3.8) is 0 Å². The van der Waals surface area contributed by atoms with Gasteiger partial charge < -0.3 is 10.1 Å². The number of rotatable bonds is 5. The second-order valence-electron chi connectivity index (χ2n) is 6.73. The molecule has 3 amide bonds. The zero-order valence-corrected chi connectivity index (χ0v) is 14.9. The summed E-state index contributed by atoms with van der Waals surface area (Å²) >= 11 is 0. The minimum absolute atomic E-state index is 0.00862. The molecule has 1 aromatic carbocycles. The van der Waals surface area contributed by atoms with E-state index in [9.17, 15) is 14.4 Å². The highest BCUT2D eigenvalue weighted by Crippen LogP contribution is 2.22. The maximum Gasteiger partial charge on any atom is 0.338 e. The van der Waals surface area contributed by atoms with Gasteiger partial charge in [-0.1, -0.05) is 39.8 Å². The second-order valence-corrected chi connectivity index (χ2v) is 6.73. The van der Waals surface area contributed by atoms with E-state index >= 15 is 0 Å².